The summed E-state index contributed by atoms with van der Waals surface area (Å²) in [6.07, 6.45) is 3.99. The monoisotopic (exact) mass is 328 g/mol. The molecule has 8 heteroatoms. The second-order valence-electron chi connectivity index (χ2n) is 5.46. The topological polar surface area (TPSA) is 116 Å². The normalized spacial score (nSPS) is 19.8. The fourth-order valence-electron chi connectivity index (χ4n) is 2.53. The zero-order valence-corrected chi connectivity index (χ0v) is 12.7. The highest BCUT2D eigenvalue weighted by Gasteiger charge is 2.30. The lowest BCUT2D eigenvalue weighted by atomic mass is 10.1. The van der Waals surface area contributed by atoms with E-state index in [1.807, 2.05) is 0 Å². The maximum atomic E-state index is 12.2. The Balaban J connectivity index is 1.68. The van der Waals surface area contributed by atoms with E-state index < -0.39 is 12.0 Å². The second kappa shape index (κ2) is 6.63. The maximum absolute atomic E-state index is 12.2. The van der Waals surface area contributed by atoms with Gasteiger partial charge in [-0.1, -0.05) is 0 Å². The highest BCUT2D eigenvalue weighted by molar-refractivity contribution is 5.94. The van der Waals surface area contributed by atoms with E-state index in [-0.39, 0.29) is 24.1 Å². The van der Waals surface area contributed by atoms with E-state index in [0.717, 1.165) is 0 Å². The van der Waals surface area contributed by atoms with Crippen molar-refractivity contribution in [2.24, 2.45) is 5.73 Å². The van der Waals surface area contributed by atoms with Crippen molar-refractivity contribution in [2.75, 3.05) is 6.61 Å². The molecule has 3 N–H and O–H groups in total. The Hall–Kier alpha value is -3.00. The van der Waals surface area contributed by atoms with Crippen LogP contribution in [0.15, 0.2) is 47.7 Å². The molecule has 2 atom stereocenters. The van der Waals surface area contributed by atoms with Gasteiger partial charge in [0.05, 0.1) is 18.8 Å². The van der Waals surface area contributed by atoms with Gasteiger partial charge in [-0.25, -0.2) is 0 Å². The lowest BCUT2D eigenvalue weighted by molar-refractivity contribution is -0.126. The molecule has 24 heavy (non-hydrogen) atoms. The van der Waals surface area contributed by atoms with E-state index in [2.05, 4.69) is 10.3 Å². The Morgan fingerprint density at radius 3 is 2.67 bits per heavy atom. The predicted octanol–water partition coefficient (Wildman–Crippen LogP) is -0.395. The SMILES string of the molecule is NC(=O)C1CC(NC(=O)c2ccc(-n3ccncc3=O)cc2)CO1. The lowest BCUT2D eigenvalue weighted by Gasteiger charge is -2.11. The van der Waals surface area contributed by atoms with E-state index in [0.29, 0.717) is 17.7 Å². The van der Waals surface area contributed by atoms with Crippen LogP contribution in [0.4, 0.5) is 0 Å². The number of ether oxygens (including phenoxy) is 1. The van der Waals surface area contributed by atoms with Gasteiger partial charge >= 0.3 is 0 Å². The number of hydrogen-bond donors (Lipinski definition) is 2. The van der Waals surface area contributed by atoms with Crippen LogP contribution >= 0.6 is 0 Å². The second-order valence-corrected chi connectivity index (χ2v) is 5.46. The average molecular weight is 328 g/mol. The van der Waals surface area contributed by atoms with Crippen molar-refractivity contribution in [3.63, 3.8) is 0 Å². The van der Waals surface area contributed by atoms with Crippen molar-refractivity contribution in [1.82, 2.24) is 14.9 Å². The zero-order chi connectivity index (χ0) is 17.1. The molecule has 0 spiro atoms. The first-order valence-electron chi connectivity index (χ1n) is 7.39. The van der Waals surface area contributed by atoms with E-state index in [9.17, 15) is 14.4 Å². The van der Waals surface area contributed by atoms with Crippen LogP contribution in [-0.2, 0) is 9.53 Å². The molecule has 2 amide bonds. The highest BCUT2D eigenvalue weighted by atomic mass is 16.5. The van der Waals surface area contributed by atoms with Crippen LogP contribution in [0.2, 0.25) is 0 Å². The van der Waals surface area contributed by atoms with Gasteiger partial charge in [0, 0.05) is 30.1 Å². The Bertz CT molecular complexity index is 815. The number of nitrogens with zero attached hydrogens (tertiary/aromatic N) is 2. The van der Waals surface area contributed by atoms with E-state index >= 15 is 0 Å². The maximum Gasteiger partial charge on any atom is 0.273 e. The lowest BCUT2D eigenvalue weighted by Crippen LogP contribution is -2.36. The summed E-state index contributed by atoms with van der Waals surface area (Å²) >= 11 is 0. The first-order valence-corrected chi connectivity index (χ1v) is 7.39. The number of benzene rings is 1. The Labute approximate surface area is 137 Å². The molecule has 0 aliphatic carbocycles. The largest absolute Gasteiger partial charge is 0.367 e. The summed E-state index contributed by atoms with van der Waals surface area (Å²) in [6, 6.07) is 6.34. The fourth-order valence-corrected chi connectivity index (χ4v) is 2.53. The molecule has 2 aromatic rings. The van der Waals surface area contributed by atoms with Gasteiger partial charge in [-0.2, -0.15) is 0 Å². The van der Waals surface area contributed by atoms with E-state index in [1.54, 1.807) is 30.5 Å². The number of nitrogens with two attached hydrogens (primary N) is 1. The minimum Gasteiger partial charge on any atom is -0.367 e. The molecule has 0 radical (unpaired) electrons. The summed E-state index contributed by atoms with van der Waals surface area (Å²) in [5.74, 6) is -0.804. The van der Waals surface area contributed by atoms with Gasteiger partial charge in [-0.05, 0) is 24.3 Å². The van der Waals surface area contributed by atoms with Crippen LogP contribution in [0.25, 0.3) is 5.69 Å². The fraction of sp³-hybridized carbons (Fsp3) is 0.250. The number of hydrogen-bond acceptors (Lipinski definition) is 5. The molecule has 3 rings (SSSR count). The van der Waals surface area contributed by atoms with E-state index in [1.165, 1.54) is 17.0 Å². The van der Waals surface area contributed by atoms with Crippen LogP contribution in [0.5, 0.6) is 0 Å². The van der Waals surface area contributed by atoms with Crippen molar-refractivity contribution in [1.29, 1.82) is 0 Å². The van der Waals surface area contributed by atoms with Crippen molar-refractivity contribution in [3.05, 3.63) is 58.8 Å². The standard InChI is InChI=1S/C16H16N4O4/c17-15(22)13-7-11(9-24-13)19-16(23)10-1-3-12(4-2-10)20-6-5-18-8-14(20)21/h1-6,8,11,13H,7,9H2,(H2,17,22)(H,19,23). The molecular formula is C16H16N4O4. The number of carbonyl (C=O) groups excluding carboxylic acids is 2. The van der Waals surface area contributed by atoms with Gasteiger partial charge in [0.25, 0.3) is 11.5 Å². The summed E-state index contributed by atoms with van der Waals surface area (Å²) in [4.78, 5) is 38.8. The number of amides is 2. The van der Waals surface area contributed by atoms with E-state index in [4.69, 9.17) is 10.5 Å². The predicted molar refractivity (Wildman–Crippen MR) is 84.6 cm³/mol. The van der Waals surface area contributed by atoms with Gasteiger partial charge in [0.15, 0.2) is 0 Å². The number of nitrogens with one attached hydrogen (secondary N) is 1. The molecule has 1 aliphatic heterocycles. The summed E-state index contributed by atoms with van der Waals surface area (Å²) in [7, 11) is 0. The van der Waals surface area contributed by atoms with Crippen molar-refractivity contribution in [3.8, 4) is 5.69 Å². The molecule has 0 bridgehead atoms. The first-order chi connectivity index (χ1) is 11.5. The Morgan fingerprint density at radius 1 is 1.29 bits per heavy atom. The molecule has 1 aliphatic rings. The third kappa shape index (κ3) is 3.33. The summed E-state index contributed by atoms with van der Waals surface area (Å²) in [6.45, 7) is 0.254. The minimum atomic E-state index is -0.656. The zero-order valence-electron chi connectivity index (χ0n) is 12.7. The van der Waals surface area contributed by atoms with Gasteiger partial charge < -0.3 is 15.8 Å². The minimum absolute atomic E-state index is 0.252. The molecule has 1 fully saturated rings. The molecule has 2 unspecified atom stereocenters. The molecular weight excluding hydrogens is 312 g/mol. The molecule has 1 saturated heterocycles. The van der Waals surface area contributed by atoms with Gasteiger partial charge in [-0.3, -0.25) is 23.9 Å². The van der Waals surface area contributed by atoms with Crippen molar-refractivity contribution < 1.29 is 14.3 Å². The van der Waals surface area contributed by atoms with Gasteiger partial charge in [-0.15, -0.1) is 0 Å². The summed E-state index contributed by atoms with van der Waals surface area (Å²) in [5, 5.41) is 2.80. The van der Waals surface area contributed by atoms with Crippen molar-refractivity contribution in [2.45, 2.75) is 18.6 Å². The number of rotatable bonds is 4. The van der Waals surface area contributed by atoms with Crippen LogP contribution in [0.1, 0.15) is 16.8 Å². The molecule has 0 saturated carbocycles. The van der Waals surface area contributed by atoms with Crippen LogP contribution < -0.4 is 16.6 Å². The molecule has 2 heterocycles. The quantitative estimate of drug-likeness (QED) is 0.792. The number of carbonyl (C=O) groups is 2. The third-order valence-electron chi connectivity index (χ3n) is 3.78. The molecule has 8 nitrogen and oxygen atoms in total. The molecule has 1 aromatic heterocycles. The Kier molecular flexibility index (Phi) is 4.39. The van der Waals surface area contributed by atoms with Crippen LogP contribution in [-0.4, -0.2) is 40.1 Å². The van der Waals surface area contributed by atoms with Crippen LogP contribution in [0, 0.1) is 0 Å². The third-order valence-corrected chi connectivity index (χ3v) is 3.78. The van der Waals surface area contributed by atoms with Crippen LogP contribution in [0.3, 0.4) is 0 Å². The number of aromatic nitrogens is 2. The van der Waals surface area contributed by atoms with Gasteiger partial charge in [0.1, 0.15) is 6.10 Å². The summed E-state index contributed by atoms with van der Waals surface area (Å²) in [5.41, 5.74) is 6.01. The average Bonchev–Trinajstić information content (AvgIpc) is 3.04. The summed E-state index contributed by atoms with van der Waals surface area (Å²) < 4.78 is 6.65. The number of primary amides is 1. The molecule has 124 valence electrons. The first kappa shape index (κ1) is 15.9. The Morgan fingerprint density at radius 2 is 2.04 bits per heavy atom. The van der Waals surface area contributed by atoms with Crippen molar-refractivity contribution >= 4 is 11.8 Å². The smallest absolute Gasteiger partial charge is 0.273 e. The highest BCUT2D eigenvalue weighted by Crippen LogP contribution is 2.14. The molecule has 1 aromatic carbocycles. The van der Waals surface area contributed by atoms with Gasteiger partial charge in [0.2, 0.25) is 5.91 Å².